The van der Waals surface area contributed by atoms with Gasteiger partial charge < -0.3 is 9.15 Å². The minimum Gasteiger partial charge on any atom is -0.454 e. The van der Waals surface area contributed by atoms with Crippen molar-refractivity contribution in [3.63, 3.8) is 0 Å². The fourth-order valence-corrected chi connectivity index (χ4v) is 1.89. The summed E-state index contributed by atoms with van der Waals surface area (Å²) >= 11 is 0. The molecule has 1 heterocycles. The first-order chi connectivity index (χ1) is 7.50. The molecule has 0 saturated heterocycles. The number of carbonyl (C=O) groups is 1. The maximum absolute atomic E-state index is 11.6. The fourth-order valence-electron chi connectivity index (χ4n) is 1.18. The van der Waals surface area contributed by atoms with Crippen molar-refractivity contribution in [3.05, 3.63) is 17.6 Å². The van der Waals surface area contributed by atoms with Gasteiger partial charge in [-0.15, -0.1) is 0 Å². The van der Waals surface area contributed by atoms with Gasteiger partial charge in [-0.3, -0.25) is 0 Å². The highest BCUT2D eigenvalue weighted by Crippen LogP contribution is 2.21. The molecular weight excluding hydrogens is 246 g/mol. The van der Waals surface area contributed by atoms with Gasteiger partial charge in [0.1, 0.15) is 16.3 Å². The summed E-state index contributed by atoms with van der Waals surface area (Å²) in [6.45, 7) is 6.50. The molecule has 6 nitrogen and oxygen atoms in total. The topological polar surface area (TPSA) is 99.6 Å². The molecule has 0 amide bonds. The zero-order valence-corrected chi connectivity index (χ0v) is 10.9. The second-order valence-electron chi connectivity index (χ2n) is 4.58. The van der Waals surface area contributed by atoms with Crippen LogP contribution in [0.15, 0.2) is 15.4 Å². The molecule has 17 heavy (non-hydrogen) atoms. The van der Waals surface area contributed by atoms with Crippen molar-refractivity contribution in [2.45, 2.75) is 38.2 Å². The Morgan fingerprint density at radius 1 is 1.41 bits per heavy atom. The van der Waals surface area contributed by atoms with E-state index in [1.807, 2.05) is 0 Å². The van der Waals surface area contributed by atoms with Gasteiger partial charge in [0, 0.05) is 6.07 Å². The SMILES string of the molecule is Cc1oc(C(=O)OC(C)(C)C)cc1S(N)(=O)=O. The van der Waals surface area contributed by atoms with E-state index in [2.05, 4.69) is 0 Å². The molecule has 0 bridgehead atoms. The van der Waals surface area contributed by atoms with Crippen LogP contribution in [0, 0.1) is 6.92 Å². The van der Waals surface area contributed by atoms with Crippen LogP contribution in [0.5, 0.6) is 0 Å². The number of primary sulfonamides is 1. The Bertz CT molecular complexity index is 536. The van der Waals surface area contributed by atoms with E-state index in [1.54, 1.807) is 20.8 Å². The number of ether oxygens (including phenoxy) is 1. The van der Waals surface area contributed by atoms with Crippen LogP contribution in [0.3, 0.4) is 0 Å². The first-order valence-corrected chi connectivity index (χ1v) is 6.42. The van der Waals surface area contributed by atoms with Crippen molar-refractivity contribution in [1.82, 2.24) is 0 Å². The number of rotatable bonds is 2. The van der Waals surface area contributed by atoms with Gasteiger partial charge in [-0.05, 0) is 27.7 Å². The second-order valence-corrected chi connectivity index (χ2v) is 6.11. The molecule has 7 heteroatoms. The number of esters is 1. The standard InChI is InChI=1S/C10H15NO5S/c1-6-8(17(11,13)14)5-7(15-6)9(12)16-10(2,3)4/h5H,1-4H3,(H2,11,13,14). The maximum atomic E-state index is 11.6. The molecule has 0 saturated carbocycles. The summed E-state index contributed by atoms with van der Waals surface area (Å²) in [5.74, 6) is -0.842. The molecule has 96 valence electrons. The van der Waals surface area contributed by atoms with Gasteiger partial charge in [0.15, 0.2) is 0 Å². The molecule has 0 aliphatic rings. The number of furan rings is 1. The average Bonchev–Trinajstić information content (AvgIpc) is 2.42. The smallest absolute Gasteiger partial charge is 0.374 e. The largest absolute Gasteiger partial charge is 0.454 e. The third-order valence-corrected chi connectivity index (χ3v) is 2.80. The van der Waals surface area contributed by atoms with E-state index in [0.717, 1.165) is 6.07 Å². The Balaban J connectivity index is 3.07. The molecule has 0 aliphatic heterocycles. The van der Waals surface area contributed by atoms with Crippen molar-refractivity contribution < 1.29 is 22.4 Å². The summed E-state index contributed by atoms with van der Waals surface area (Å²) < 4.78 is 32.3. The van der Waals surface area contributed by atoms with Crippen LogP contribution in [0.2, 0.25) is 0 Å². The van der Waals surface area contributed by atoms with Crippen molar-refractivity contribution in [2.24, 2.45) is 5.14 Å². The zero-order valence-electron chi connectivity index (χ0n) is 10.1. The molecule has 0 aromatic carbocycles. The van der Waals surface area contributed by atoms with E-state index in [1.165, 1.54) is 6.92 Å². The van der Waals surface area contributed by atoms with Crippen LogP contribution in [0.4, 0.5) is 0 Å². The Kier molecular flexibility index (Phi) is 3.35. The molecule has 0 fully saturated rings. The lowest BCUT2D eigenvalue weighted by atomic mass is 10.2. The Hall–Kier alpha value is -1.34. The minimum atomic E-state index is -3.89. The highest BCUT2D eigenvalue weighted by atomic mass is 32.2. The lowest BCUT2D eigenvalue weighted by Crippen LogP contribution is -2.23. The van der Waals surface area contributed by atoms with Gasteiger partial charge in [-0.2, -0.15) is 0 Å². The van der Waals surface area contributed by atoms with Gasteiger partial charge in [0.25, 0.3) is 0 Å². The van der Waals surface area contributed by atoms with E-state index in [-0.39, 0.29) is 16.4 Å². The predicted molar refractivity (Wildman–Crippen MR) is 60.0 cm³/mol. The molecule has 0 spiro atoms. The molecule has 0 aliphatic carbocycles. The molecule has 0 atom stereocenters. The summed E-state index contributed by atoms with van der Waals surface area (Å²) in [6, 6.07) is 1.07. The monoisotopic (exact) mass is 261 g/mol. The summed E-state index contributed by atoms with van der Waals surface area (Å²) in [5.41, 5.74) is -0.681. The molecule has 0 radical (unpaired) electrons. The van der Waals surface area contributed by atoms with E-state index in [0.29, 0.717) is 0 Å². The quantitative estimate of drug-likeness (QED) is 0.806. The normalized spacial score (nSPS) is 12.5. The van der Waals surface area contributed by atoms with Crippen LogP contribution in [-0.2, 0) is 14.8 Å². The highest BCUT2D eigenvalue weighted by Gasteiger charge is 2.25. The number of carbonyl (C=O) groups excluding carboxylic acids is 1. The Labute approximate surface area is 99.8 Å². The lowest BCUT2D eigenvalue weighted by Gasteiger charge is -2.18. The van der Waals surface area contributed by atoms with Crippen LogP contribution in [0.1, 0.15) is 37.1 Å². The van der Waals surface area contributed by atoms with Crippen LogP contribution in [-0.4, -0.2) is 20.0 Å². The number of aryl methyl sites for hydroxylation is 1. The first kappa shape index (κ1) is 13.7. The van der Waals surface area contributed by atoms with Gasteiger partial charge in [-0.25, -0.2) is 18.4 Å². The average molecular weight is 261 g/mol. The molecule has 2 N–H and O–H groups in total. The third kappa shape index (κ3) is 3.57. The minimum absolute atomic E-state index is 0.0633. The van der Waals surface area contributed by atoms with Crippen molar-refractivity contribution in [3.8, 4) is 0 Å². The van der Waals surface area contributed by atoms with Gasteiger partial charge in [0.2, 0.25) is 15.8 Å². The molecule has 0 unspecified atom stereocenters. The zero-order chi connectivity index (χ0) is 13.4. The number of hydrogen-bond donors (Lipinski definition) is 1. The van der Waals surface area contributed by atoms with Crippen molar-refractivity contribution in [2.75, 3.05) is 0 Å². The Morgan fingerprint density at radius 2 is 1.94 bits per heavy atom. The van der Waals surface area contributed by atoms with Crippen LogP contribution < -0.4 is 5.14 Å². The first-order valence-electron chi connectivity index (χ1n) is 4.87. The van der Waals surface area contributed by atoms with Crippen LogP contribution >= 0.6 is 0 Å². The second kappa shape index (κ2) is 4.15. The summed E-state index contributed by atoms with van der Waals surface area (Å²) in [5, 5.41) is 4.96. The van der Waals surface area contributed by atoms with Gasteiger partial charge in [0.05, 0.1) is 0 Å². The van der Waals surface area contributed by atoms with E-state index < -0.39 is 21.6 Å². The fraction of sp³-hybridized carbons (Fsp3) is 0.500. The van der Waals surface area contributed by atoms with E-state index in [4.69, 9.17) is 14.3 Å². The molecule has 1 aromatic rings. The summed E-state index contributed by atoms with van der Waals surface area (Å²) in [6.07, 6.45) is 0. The third-order valence-electron chi connectivity index (χ3n) is 1.78. The lowest BCUT2D eigenvalue weighted by molar-refractivity contribution is 0.00348. The summed E-state index contributed by atoms with van der Waals surface area (Å²) in [7, 11) is -3.89. The van der Waals surface area contributed by atoms with Crippen LogP contribution in [0.25, 0.3) is 0 Å². The Morgan fingerprint density at radius 3 is 2.29 bits per heavy atom. The highest BCUT2D eigenvalue weighted by molar-refractivity contribution is 7.89. The number of nitrogens with two attached hydrogens (primary N) is 1. The maximum Gasteiger partial charge on any atom is 0.374 e. The summed E-state index contributed by atoms with van der Waals surface area (Å²) in [4.78, 5) is 11.4. The number of hydrogen-bond acceptors (Lipinski definition) is 5. The van der Waals surface area contributed by atoms with E-state index >= 15 is 0 Å². The van der Waals surface area contributed by atoms with Crippen molar-refractivity contribution in [1.29, 1.82) is 0 Å². The van der Waals surface area contributed by atoms with Crippen molar-refractivity contribution >= 4 is 16.0 Å². The molecule has 1 aromatic heterocycles. The van der Waals surface area contributed by atoms with Gasteiger partial charge in [-0.1, -0.05) is 0 Å². The number of sulfonamides is 1. The molecular formula is C10H15NO5S. The van der Waals surface area contributed by atoms with Gasteiger partial charge >= 0.3 is 5.97 Å². The molecule has 1 rings (SSSR count). The van der Waals surface area contributed by atoms with E-state index in [9.17, 15) is 13.2 Å². The predicted octanol–water partition coefficient (Wildman–Crippen LogP) is 1.19.